The molecular weight excluding hydrogens is 603 g/mol. The number of aliphatic hydroxyl groups excluding tert-OH is 1. The minimum absolute atomic E-state index is 0.00606. The number of carbonyl (C=O) groups excluding carboxylic acids is 2. The monoisotopic (exact) mass is 655 g/mol. The van der Waals surface area contributed by atoms with E-state index in [4.69, 9.17) is 14.3 Å². The average molecular weight is 656 g/mol. The Balaban J connectivity index is 1.54. The zero-order chi connectivity index (χ0) is 33.8. The van der Waals surface area contributed by atoms with Crippen LogP contribution < -0.4 is 15.7 Å². The molecule has 0 unspecified atom stereocenters. The van der Waals surface area contributed by atoms with E-state index in [1.165, 1.54) is 10.4 Å². The van der Waals surface area contributed by atoms with Gasteiger partial charge >= 0.3 is 6.09 Å². The first-order valence-electron chi connectivity index (χ1n) is 17.2. The minimum atomic E-state index is -2.66. The number of amides is 1. The van der Waals surface area contributed by atoms with Crippen LogP contribution in [0, 0.1) is 11.8 Å². The van der Waals surface area contributed by atoms with E-state index in [0.29, 0.717) is 25.9 Å². The van der Waals surface area contributed by atoms with Gasteiger partial charge in [0.2, 0.25) is 0 Å². The smallest absolute Gasteiger partial charge is 0.407 e. The maximum atomic E-state index is 13.3. The van der Waals surface area contributed by atoms with Gasteiger partial charge in [-0.3, -0.25) is 4.79 Å². The van der Waals surface area contributed by atoms with E-state index in [1.54, 1.807) is 6.08 Å². The van der Waals surface area contributed by atoms with E-state index < -0.39 is 19.9 Å². The number of hydrogen-bond acceptors (Lipinski definition) is 5. The summed E-state index contributed by atoms with van der Waals surface area (Å²) in [5, 5.41) is 14.9. The lowest BCUT2D eigenvalue weighted by molar-refractivity contribution is -0.114. The zero-order valence-electron chi connectivity index (χ0n) is 28.6. The standard InChI is InChI=1S/C40H53NO5Si/c1-32(26-30-46-47(39(2,3)4,35-21-10-6-11-22-35)36-23-12-7-13-24-36)37-25-15-28-40(37,27-14-19-34(43)20-16-29-42)41-38(44)45-31-33-17-8-5-9-18-33/h5-14,17-19,21-24,32,37,42H,15-16,20,25-31H2,1-4H3,(H,41,44)/b19-14+/t32-,37+,40+/m0/s1. The van der Waals surface area contributed by atoms with Crippen LogP contribution in [0.15, 0.2) is 103 Å². The summed E-state index contributed by atoms with van der Waals surface area (Å²) in [4.78, 5) is 25.7. The van der Waals surface area contributed by atoms with Gasteiger partial charge in [-0.25, -0.2) is 4.79 Å². The van der Waals surface area contributed by atoms with Crippen LogP contribution >= 0.6 is 0 Å². The number of rotatable bonds is 16. The molecule has 2 N–H and O–H groups in total. The van der Waals surface area contributed by atoms with Crippen LogP contribution in [-0.2, 0) is 20.6 Å². The van der Waals surface area contributed by atoms with Crippen molar-refractivity contribution >= 4 is 30.6 Å². The maximum absolute atomic E-state index is 13.3. The predicted molar refractivity (Wildman–Crippen MR) is 192 cm³/mol. The van der Waals surface area contributed by atoms with Crippen LogP contribution in [0.4, 0.5) is 4.79 Å². The number of ether oxygens (including phenoxy) is 1. The molecule has 0 aromatic heterocycles. The first-order valence-corrected chi connectivity index (χ1v) is 19.1. The van der Waals surface area contributed by atoms with E-state index in [2.05, 4.69) is 93.7 Å². The lowest BCUT2D eigenvalue weighted by atomic mass is 9.75. The molecule has 0 heterocycles. The van der Waals surface area contributed by atoms with Crippen LogP contribution in [0.5, 0.6) is 0 Å². The Labute approximate surface area is 282 Å². The van der Waals surface area contributed by atoms with Gasteiger partial charge in [0.1, 0.15) is 6.61 Å². The number of allylic oxidation sites excluding steroid dienone is 1. The van der Waals surface area contributed by atoms with E-state index in [9.17, 15) is 9.59 Å². The Morgan fingerprint density at radius 3 is 2.15 bits per heavy atom. The molecule has 7 heteroatoms. The van der Waals surface area contributed by atoms with Crippen molar-refractivity contribution in [2.24, 2.45) is 11.8 Å². The number of nitrogens with one attached hydrogen (secondary N) is 1. The van der Waals surface area contributed by atoms with Gasteiger partial charge < -0.3 is 19.6 Å². The third-order valence-electron chi connectivity index (χ3n) is 9.77. The molecule has 6 nitrogen and oxygen atoms in total. The van der Waals surface area contributed by atoms with Crippen LogP contribution in [-0.4, -0.2) is 44.1 Å². The molecule has 3 aromatic carbocycles. The number of benzene rings is 3. The fraction of sp³-hybridized carbons (Fsp3) is 0.450. The lowest BCUT2D eigenvalue weighted by Crippen LogP contribution is -2.66. The summed E-state index contributed by atoms with van der Waals surface area (Å²) < 4.78 is 12.9. The van der Waals surface area contributed by atoms with Crippen LogP contribution in [0.25, 0.3) is 0 Å². The molecule has 0 aliphatic heterocycles. The van der Waals surface area contributed by atoms with Gasteiger partial charge in [0.25, 0.3) is 8.32 Å². The van der Waals surface area contributed by atoms with Crippen LogP contribution in [0.1, 0.15) is 78.2 Å². The molecule has 3 aromatic rings. The third kappa shape index (κ3) is 9.31. The second-order valence-corrected chi connectivity index (χ2v) is 18.3. The van der Waals surface area contributed by atoms with E-state index >= 15 is 0 Å². The second-order valence-electron chi connectivity index (χ2n) is 14.0. The first kappa shape index (κ1) is 36.3. The molecule has 1 amide bonds. The third-order valence-corrected chi connectivity index (χ3v) is 14.8. The fourth-order valence-electron chi connectivity index (χ4n) is 7.45. The van der Waals surface area contributed by atoms with Gasteiger partial charge in [-0.15, -0.1) is 0 Å². The molecule has 0 radical (unpaired) electrons. The number of aliphatic hydroxyl groups is 1. The molecule has 47 heavy (non-hydrogen) atoms. The van der Waals surface area contributed by atoms with E-state index in [0.717, 1.165) is 31.2 Å². The maximum Gasteiger partial charge on any atom is 0.407 e. The van der Waals surface area contributed by atoms with Crippen molar-refractivity contribution in [2.75, 3.05) is 13.2 Å². The summed E-state index contributed by atoms with van der Waals surface area (Å²) in [5.74, 6) is 0.428. The number of ketones is 1. The van der Waals surface area contributed by atoms with Gasteiger partial charge in [-0.05, 0) is 71.0 Å². The predicted octanol–water partition coefficient (Wildman–Crippen LogP) is 7.34. The fourth-order valence-corrected chi connectivity index (χ4v) is 12.0. The summed E-state index contributed by atoms with van der Waals surface area (Å²) >= 11 is 0. The molecule has 4 rings (SSSR count). The quantitative estimate of drug-likeness (QED) is 0.125. The normalized spacial score (nSPS) is 19.0. The van der Waals surface area contributed by atoms with Gasteiger partial charge in [0.15, 0.2) is 5.78 Å². The molecule has 3 atom stereocenters. The van der Waals surface area contributed by atoms with Gasteiger partial charge in [0.05, 0.1) is 0 Å². The highest BCUT2D eigenvalue weighted by Crippen LogP contribution is 2.44. The van der Waals surface area contributed by atoms with Crippen molar-refractivity contribution in [1.29, 1.82) is 0 Å². The molecule has 1 saturated carbocycles. The summed E-state index contributed by atoms with van der Waals surface area (Å²) in [6.45, 7) is 9.96. The highest BCUT2D eigenvalue weighted by Gasteiger charge is 2.51. The molecule has 252 valence electrons. The summed E-state index contributed by atoms with van der Waals surface area (Å²) in [6, 6.07) is 31.1. The van der Waals surface area contributed by atoms with Crippen molar-refractivity contribution < 1.29 is 23.9 Å². The number of hydrogen-bond donors (Lipinski definition) is 2. The SMILES string of the molecule is C[C@@H](CCO[Si](c1ccccc1)(c1ccccc1)C(C)(C)C)[C@H]1CCC[C@@]1(C/C=C/C(=O)CCCO)NC(=O)OCc1ccccc1. The number of carbonyl (C=O) groups is 2. The van der Waals surface area contributed by atoms with Crippen LogP contribution in [0.3, 0.4) is 0 Å². The molecule has 0 bridgehead atoms. The highest BCUT2D eigenvalue weighted by atomic mass is 28.4. The van der Waals surface area contributed by atoms with Crippen LogP contribution in [0.2, 0.25) is 5.04 Å². The van der Waals surface area contributed by atoms with Crippen molar-refractivity contribution in [1.82, 2.24) is 5.32 Å². The van der Waals surface area contributed by atoms with Gasteiger partial charge in [0, 0.05) is 25.2 Å². The molecule has 0 saturated heterocycles. The van der Waals surface area contributed by atoms with Gasteiger partial charge in [-0.2, -0.15) is 0 Å². The largest absolute Gasteiger partial charge is 0.445 e. The summed E-state index contributed by atoms with van der Waals surface area (Å²) in [5.41, 5.74) is 0.404. The molecule has 1 aliphatic rings. The van der Waals surface area contributed by atoms with Crippen molar-refractivity contribution in [2.45, 2.75) is 89.8 Å². The Morgan fingerprint density at radius 2 is 1.57 bits per heavy atom. The first-order chi connectivity index (χ1) is 22.6. The highest BCUT2D eigenvalue weighted by molar-refractivity contribution is 6.99. The zero-order valence-corrected chi connectivity index (χ0v) is 29.6. The summed E-state index contributed by atoms with van der Waals surface area (Å²) in [7, 11) is -2.66. The Kier molecular flexibility index (Phi) is 13.2. The Bertz CT molecular complexity index is 1380. The Morgan fingerprint density at radius 1 is 0.979 bits per heavy atom. The van der Waals surface area contributed by atoms with Crippen molar-refractivity contribution in [3.8, 4) is 0 Å². The molecule has 1 aliphatic carbocycles. The van der Waals surface area contributed by atoms with Crippen molar-refractivity contribution in [3.63, 3.8) is 0 Å². The topological polar surface area (TPSA) is 84.9 Å². The van der Waals surface area contributed by atoms with E-state index in [1.807, 2.05) is 36.4 Å². The lowest BCUT2D eigenvalue weighted by Gasteiger charge is -2.44. The van der Waals surface area contributed by atoms with Crippen molar-refractivity contribution in [3.05, 3.63) is 109 Å². The summed E-state index contributed by atoms with van der Waals surface area (Å²) in [6.07, 6.45) is 8.00. The minimum Gasteiger partial charge on any atom is -0.445 e. The second kappa shape index (κ2) is 17.0. The Hall–Kier alpha value is -3.52. The number of alkyl carbamates (subject to hydrolysis) is 1. The average Bonchev–Trinajstić information content (AvgIpc) is 3.48. The molecular formula is C40H53NO5Si. The van der Waals surface area contributed by atoms with E-state index in [-0.39, 0.29) is 35.9 Å². The van der Waals surface area contributed by atoms with Gasteiger partial charge in [-0.1, -0.05) is 131 Å². The molecule has 1 fully saturated rings. The molecule has 0 spiro atoms.